The van der Waals surface area contributed by atoms with E-state index in [1.807, 2.05) is 0 Å². The summed E-state index contributed by atoms with van der Waals surface area (Å²) in [5, 5.41) is 9.62. The van der Waals surface area contributed by atoms with E-state index < -0.39 is 11.4 Å². The maximum absolute atomic E-state index is 11.7. The summed E-state index contributed by atoms with van der Waals surface area (Å²) in [5.41, 5.74) is 2.08. The molecule has 0 bridgehead atoms. The van der Waals surface area contributed by atoms with Gasteiger partial charge in [-0.15, -0.1) is 0 Å². The molecule has 1 saturated carbocycles. The molecule has 0 radical (unpaired) electrons. The zero-order valence-electron chi connectivity index (χ0n) is 11.7. The standard InChI is InChI=1S/C16H20BrNO2/c1-11-12(4-2-6-14(11)17)8-18-9-13-5-3-7-16(13,10-18)15(19)20/h2,4,6,13H,3,5,7-10H2,1H3,(H,19,20)/t13-,16+/m0/s1. The summed E-state index contributed by atoms with van der Waals surface area (Å²) in [7, 11) is 0. The summed E-state index contributed by atoms with van der Waals surface area (Å²) >= 11 is 3.57. The number of benzene rings is 1. The van der Waals surface area contributed by atoms with E-state index in [1.165, 1.54) is 11.1 Å². The Morgan fingerprint density at radius 3 is 3.05 bits per heavy atom. The summed E-state index contributed by atoms with van der Waals surface area (Å²) in [6, 6.07) is 6.24. The van der Waals surface area contributed by atoms with E-state index in [2.05, 4.69) is 46.0 Å². The summed E-state index contributed by atoms with van der Waals surface area (Å²) in [6.45, 7) is 4.61. The number of halogens is 1. The van der Waals surface area contributed by atoms with Gasteiger partial charge >= 0.3 is 5.97 Å². The van der Waals surface area contributed by atoms with Crippen LogP contribution in [0.1, 0.15) is 30.4 Å². The van der Waals surface area contributed by atoms with E-state index in [1.54, 1.807) is 0 Å². The van der Waals surface area contributed by atoms with E-state index in [-0.39, 0.29) is 0 Å². The first-order chi connectivity index (χ1) is 9.53. The van der Waals surface area contributed by atoms with Crippen molar-refractivity contribution in [1.82, 2.24) is 4.90 Å². The van der Waals surface area contributed by atoms with Crippen LogP contribution in [-0.4, -0.2) is 29.1 Å². The van der Waals surface area contributed by atoms with Gasteiger partial charge in [-0.05, 0) is 42.9 Å². The number of likely N-dealkylation sites (tertiary alicyclic amines) is 1. The lowest BCUT2D eigenvalue weighted by Gasteiger charge is -2.23. The van der Waals surface area contributed by atoms with Crippen LogP contribution in [0.25, 0.3) is 0 Å². The van der Waals surface area contributed by atoms with E-state index in [0.29, 0.717) is 12.5 Å². The van der Waals surface area contributed by atoms with Gasteiger partial charge in [-0.2, -0.15) is 0 Å². The fraction of sp³-hybridized carbons (Fsp3) is 0.562. The highest BCUT2D eigenvalue weighted by atomic mass is 79.9. The van der Waals surface area contributed by atoms with Crippen LogP contribution >= 0.6 is 15.9 Å². The van der Waals surface area contributed by atoms with Gasteiger partial charge < -0.3 is 5.11 Å². The van der Waals surface area contributed by atoms with Gasteiger partial charge in [0.2, 0.25) is 0 Å². The molecule has 2 aliphatic rings. The Morgan fingerprint density at radius 2 is 2.35 bits per heavy atom. The van der Waals surface area contributed by atoms with Gasteiger partial charge in [0, 0.05) is 24.1 Å². The van der Waals surface area contributed by atoms with Crippen LogP contribution in [0.15, 0.2) is 22.7 Å². The number of aliphatic carboxylic acids is 1. The van der Waals surface area contributed by atoms with Crippen LogP contribution in [0.5, 0.6) is 0 Å². The minimum absolute atomic E-state index is 0.340. The number of carbonyl (C=O) groups is 1. The molecule has 108 valence electrons. The van der Waals surface area contributed by atoms with Gasteiger partial charge in [0.1, 0.15) is 0 Å². The highest BCUT2D eigenvalue weighted by Gasteiger charge is 2.54. The van der Waals surface area contributed by atoms with Crippen LogP contribution in [0.4, 0.5) is 0 Å². The molecule has 1 heterocycles. The Bertz CT molecular complexity index is 545. The van der Waals surface area contributed by atoms with E-state index in [9.17, 15) is 9.90 Å². The van der Waals surface area contributed by atoms with Gasteiger partial charge in [-0.1, -0.05) is 34.5 Å². The van der Waals surface area contributed by atoms with E-state index in [4.69, 9.17) is 0 Å². The summed E-state index contributed by atoms with van der Waals surface area (Å²) in [6.07, 6.45) is 2.99. The van der Waals surface area contributed by atoms with Gasteiger partial charge in [0.15, 0.2) is 0 Å². The first kappa shape index (κ1) is 14.1. The van der Waals surface area contributed by atoms with Crippen molar-refractivity contribution in [2.24, 2.45) is 11.3 Å². The molecule has 0 aromatic heterocycles. The monoisotopic (exact) mass is 337 g/mol. The molecule has 2 fully saturated rings. The lowest BCUT2D eigenvalue weighted by atomic mass is 9.81. The highest BCUT2D eigenvalue weighted by molar-refractivity contribution is 9.10. The zero-order valence-corrected chi connectivity index (χ0v) is 13.3. The molecule has 3 nitrogen and oxygen atoms in total. The maximum Gasteiger partial charge on any atom is 0.311 e. The normalized spacial score (nSPS) is 29.6. The molecule has 4 heteroatoms. The second-order valence-corrected chi connectivity index (χ2v) is 7.10. The molecule has 1 saturated heterocycles. The van der Waals surface area contributed by atoms with Crippen LogP contribution in [-0.2, 0) is 11.3 Å². The average Bonchev–Trinajstić information content (AvgIpc) is 2.92. The fourth-order valence-corrected chi connectivity index (χ4v) is 4.33. The summed E-state index contributed by atoms with van der Waals surface area (Å²) in [4.78, 5) is 14.0. The third-order valence-corrected chi connectivity index (χ3v) is 6.00. The Kier molecular flexibility index (Phi) is 3.63. The molecular formula is C16H20BrNO2. The highest BCUT2D eigenvalue weighted by Crippen LogP contribution is 2.49. The number of carboxylic acids is 1. The largest absolute Gasteiger partial charge is 0.481 e. The van der Waals surface area contributed by atoms with Crippen molar-refractivity contribution in [3.05, 3.63) is 33.8 Å². The smallest absolute Gasteiger partial charge is 0.311 e. The Balaban J connectivity index is 1.78. The number of nitrogens with zero attached hydrogens (tertiary/aromatic N) is 1. The predicted octanol–water partition coefficient (Wildman–Crippen LogP) is 3.44. The van der Waals surface area contributed by atoms with Crippen molar-refractivity contribution < 1.29 is 9.90 Å². The van der Waals surface area contributed by atoms with Crippen LogP contribution in [0, 0.1) is 18.3 Å². The van der Waals surface area contributed by atoms with Crippen molar-refractivity contribution in [1.29, 1.82) is 0 Å². The Labute approximate surface area is 128 Å². The molecule has 1 aliphatic carbocycles. The van der Waals surface area contributed by atoms with Crippen molar-refractivity contribution in [2.75, 3.05) is 13.1 Å². The third-order valence-electron chi connectivity index (χ3n) is 5.14. The van der Waals surface area contributed by atoms with Crippen molar-refractivity contribution in [2.45, 2.75) is 32.7 Å². The first-order valence-electron chi connectivity index (χ1n) is 7.23. The van der Waals surface area contributed by atoms with Crippen LogP contribution in [0.2, 0.25) is 0 Å². The molecule has 1 aliphatic heterocycles. The van der Waals surface area contributed by atoms with E-state index >= 15 is 0 Å². The summed E-state index contributed by atoms with van der Waals surface area (Å²) < 4.78 is 1.13. The minimum atomic E-state index is -0.589. The SMILES string of the molecule is Cc1c(Br)cccc1CN1C[C@@H]2CCC[C@@]2(C(=O)O)C1. The van der Waals surface area contributed by atoms with Crippen LogP contribution < -0.4 is 0 Å². The number of carboxylic acid groups (broad SMARTS) is 1. The molecule has 1 aromatic carbocycles. The molecule has 1 aromatic rings. The quantitative estimate of drug-likeness (QED) is 0.918. The number of fused-ring (bicyclic) bond motifs is 1. The topological polar surface area (TPSA) is 40.5 Å². The first-order valence-corrected chi connectivity index (χ1v) is 8.02. The molecule has 2 atom stereocenters. The van der Waals surface area contributed by atoms with E-state index in [0.717, 1.165) is 36.8 Å². The van der Waals surface area contributed by atoms with Gasteiger partial charge in [0.25, 0.3) is 0 Å². The Morgan fingerprint density at radius 1 is 1.55 bits per heavy atom. The number of rotatable bonds is 3. The third kappa shape index (κ3) is 2.19. The number of hydrogen-bond donors (Lipinski definition) is 1. The van der Waals surface area contributed by atoms with Crippen molar-refractivity contribution >= 4 is 21.9 Å². The predicted molar refractivity (Wildman–Crippen MR) is 81.6 cm³/mol. The zero-order chi connectivity index (χ0) is 14.3. The maximum atomic E-state index is 11.7. The van der Waals surface area contributed by atoms with Gasteiger partial charge in [0.05, 0.1) is 5.41 Å². The van der Waals surface area contributed by atoms with Crippen molar-refractivity contribution in [3.8, 4) is 0 Å². The Hall–Kier alpha value is -0.870. The molecular weight excluding hydrogens is 318 g/mol. The number of hydrogen-bond acceptors (Lipinski definition) is 2. The second kappa shape index (κ2) is 5.15. The van der Waals surface area contributed by atoms with Crippen molar-refractivity contribution in [3.63, 3.8) is 0 Å². The molecule has 0 spiro atoms. The fourth-order valence-electron chi connectivity index (χ4n) is 3.93. The molecule has 3 rings (SSSR count). The summed E-state index contributed by atoms with van der Waals surface area (Å²) in [5.74, 6) is -0.249. The van der Waals surface area contributed by atoms with Gasteiger partial charge in [-0.3, -0.25) is 9.69 Å². The van der Waals surface area contributed by atoms with Gasteiger partial charge in [-0.25, -0.2) is 0 Å². The second-order valence-electron chi connectivity index (χ2n) is 6.24. The lowest BCUT2D eigenvalue weighted by Crippen LogP contribution is -2.35. The molecule has 20 heavy (non-hydrogen) atoms. The van der Waals surface area contributed by atoms with Crippen LogP contribution in [0.3, 0.4) is 0 Å². The molecule has 0 unspecified atom stereocenters. The minimum Gasteiger partial charge on any atom is -0.481 e. The molecule has 0 amide bonds. The molecule has 1 N–H and O–H groups in total. The average molecular weight is 338 g/mol. The lowest BCUT2D eigenvalue weighted by molar-refractivity contribution is -0.149.